The van der Waals surface area contributed by atoms with E-state index in [0.29, 0.717) is 22.4 Å². The molecule has 0 fully saturated rings. The fourth-order valence-electron chi connectivity index (χ4n) is 4.13. The first kappa shape index (κ1) is 30.2. The van der Waals surface area contributed by atoms with Crippen molar-refractivity contribution in [3.05, 3.63) is 97.1 Å². The smallest absolute Gasteiger partial charge is 0.296 e. The maximum atomic E-state index is 12.3. The van der Waals surface area contributed by atoms with E-state index in [9.17, 15) is 26.5 Å². The highest BCUT2D eigenvalue weighted by atomic mass is 32.2. The Morgan fingerprint density at radius 3 is 2.02 bits per heavy atom. The number of hydrogen-bond donors (Lipinski definition) is 4. The molecule has 5 aromatic carbocycles. The lowest BCUT2D eigenvalue weighted by Gasteiger charge is -2.12. The Bertz CT molecular complexity index is 2140. The Kier molecular flexibility index (Phi) is 8.37. The highest BCUT2D eigenvalue weighted by molar-refractivity contribution is 7.86. The summed E-state index contributed by atoms with van der Waals surface area (Å²) in [7, 11) is -7.81. The fourth-order valence-corrected chi connectivity index (χ4v) is 5.26. The van der Waals surface area contributed by atoms with Crippen LogP contribution in [0.3, 0.4) is 0 Å². The van der Waals surface area contributed by atoms with Crippen LogP contribution in [0.15, 0.2) is 127 Å². The summed E-state index contributed by atoms with van der Waals surface area (Å²) >= 11 is 0. The molecule has 0 radical (unpaired) electrons. The van der Waals surface area contributed by atoms with E-state index < -0.39 is 36.6 Å². The third kappa shape index (κ3) is 6.87. The summed E-state index contributed by atoms with van der Waals surface area (Å²) in [5.41, 5.74) is 1.73. The third-order valence-electron chi connectivity index (χ3n) is 6.23. The molecule has 224 valence electrons. The molecule has 0 saturated carbocycles. The van der Waals surface area contributed by atoms with Gasteiger partial charge in [0.25, 0.3) is 20.2 Å². The van der Waals surface area contributed by atoms with Crippen LogP contribution in [0, 0.1) is 0 Å². The number of fused-ring (bicyclic) bond motifs is 1. The molecule has 0 saturated heterocycles. The number of phenolic OH excluding ortho intramolecular Hbond substituents is 1. The lowest BCUT2D eigenvalue weighted by molar-refractivity contribution is 0.416. The quantitative estimate of drug-likeness (QED) is 0.0930. The van der Waals surface area contributed by atoms with E-state index in [1.54, 1.807) is 18.2 Å². The van der Waals surface area contributed by atoms with Gasteiger partial charge in [-0.25, -0.2) is 0 Å². The lowest BCUT2D eigenvalue weighted by Crippen LogP contribution is -1.99. The number of anilines is 2. The van der Waals surface area contributed by atoms with Gasteiger partial charge in [-0.2, -0.15) is 27.1 Å². The minimum Gasteiger partial charge on any atom is -0.505 e. The summed E-state index contributed by atoms with van der Waals surface area (Å²) < 4.78 is 71.4. The zero-order chi connectivity index (χ0) is 31.5. The topological polar surface area (TPSA) is 200 Å². The van der Waals surface area contributed by atoms with Crippen molar-refractivity contribution in [2.45, 2.75) is 9.79 Å². The highest BCUT2D eigenvalue weighted by Crippen LogP contribution is 2.43. The first-order chi connectivity index (χ1) is 20.9. The van der Waals surface area contributed by atoms with Crippen molar-refractivity contribution in [1.29, 1.82) is 0 Å². The standard InChI is InChI=1S/C29H23N5O8S2/c1-42-26-17-22(32-31-20-7-11-23(12-8-20)43(36,37)38)10-14-25(26)33-34-28-27(44(39,40)41)16-18-15-21(9-13-24(18)29(28)35)30-19-5-3-2-4-6-19/h2-17,30,35H,1H3,(H,36,37,38)(H,39,40,41). The molecular formula is C29H23N5O8S2. The average Bonchev–Trinajstić information content (AvgIpc) is 2.99. The molecule has 0 spiro atoms. The average molecular weight is 634 g/mol. The molecule has 0 heterocycles. The number of hydrogen-bond acceptors (Lipinski definition) is 11. The van der Waals surface area contributed by atoms with Gasteiger partial charge in [0.1, 0.15) is 22.0 Å². The van der Waals surface area contributed by atoms with Crippen LogP contribution in [-0.4, -0.2) is 38.2 Å². The molecular weight excluding hydrogens is 610 g/mol. The van der Waals surface area contributed by atoms with Crippen molar-refractivity contribution >= 4 is 65.1 Å². The van der Waals surface area contributed by atoms with Crippen LogP contribution in [-0.2, 0) is 20.2 Å². The normalized spacial score (nSPS) is 12.2. The minimum absolute atomic E-state index is 0.146. The molecule has 0 aliphatic heterocycles. The van der Waals surface area contributed by atoms with E-state index in [-0.39, 0.29) is 21.7 Å². The van der Waals surface area contributed by atoms with Crippen molar-refractivity contribution in [2.24, 2.45) is 20.5 Å². The van der Waals surface area contributed by atoms with Gasteiger partial charge in [-0.15, -0.1) is 10.2 Å². The predicted octanol–water partition coefficient (Wildman–Crippen LogP) is 7.62. The molecule has 0 bridgehead atoms. The van der Waals surface area contributed by atoms with Crippen LogP contribution in [0.2, 0.25) is 0 Å². The molecule has 0 aliphatic carbocycles. The molecule has 0 amide bonds. The second-order valence-corrected chi connectivity index (χ2v) is 12.0. The van der Waals surface area contributed by atoms with E-state index >= 15 is 0 Å². The first-order valence-corrected chi connectivity index (χ1v) is 15.5. The number of nitrogens with zero attached hydrogens (tertiary/aromatic N) is 4. The predicted molar refractivity (Wildman–Crippen MR) is 163 cm³/mol. The Balaban J connectivity index is 1.45. The van der Waals surface area contributed by atoms with E-state index in [2.05, 4.69) is 25.8 Å². The Hall–Kier alpha value is -5.22. The molecule has 0 aliphatic rings. The summed E-state index contributed by atoms with van der Waals surface area (Å²) in [5, 5.41) is 30.9. The Morgan fingerprint density at radius 2 is 1.36 bits per heavy atom. The largest absolute Gasteiger partial charge is 0.505 e. The van der Waals surface area contributed by atoms with Crippen molar-refractivity contribution in [3.63, 3.8) is 0 Å². The number of rotatable bonds is 9. The zero-order valence-corrected chi connectivity index (χ0v) is 24.4. The summed E-state index contributed by atoms with van der Waals surface area (Å²) in [4.78, 5) is -0.931. The molecule has 0 aromatic heterocycles. The van der Waals surface area contributed by atoms with Crippen molar-refractivity contribution < 1.29 is 35.8 Å². The Labute approximate surface area is 251 Å². The number of benzene rings is 5. The van der Waals surface area contributed by atoms with Gasteiger partial charge >= 0.3 is 0 Å². The van der Waals surface area contributed by atoms with Crippen LogP contribution in [0.4, 0.5) is 34.1 Å². The fraction of sp³-hybridized carbons (Fsp3) is 0.0345. The molecule has 44 heavy (non-hydrogen) atoms. The number of methoxy groups -OCH3 is 1. The van der Waals surface area contributed by atoms with Gasteiger partial charge < -0.3 is 15.2 Å². The summed E-state index contributed by atoms with van der Waals surface area (Å²) in [5.74, 6) is -0.327. The first-order valence-electron chi connectivity index (χ1n) is 12.6. The van der Waals surface area contributed by atoms with Crippen molar-refractivity contribution in [1.82, 2.24) is 0 Å². The SMILES string of the molecule is COc1cc(N=Nc2ccc(S(=O)(=O)O)cc2)ccc1N=Nc1c(S(=O)(=O)O)cc2cc(Nc3ccccc3)ccc2c1O. The number of para-hydroxylation sites is 1. The van der Waals surface area contributed by atoms with Gasteiger partial charge in [-0.3, -0.25) is 9.11 Å². The van der Waals surface area contributed by atoms with Crippen molar-refractivity contribution in [3.8, 4) is 11.5 Å². The second-order valence-electron chi connectivity index (χ2n) is 9.20. The number of aromatic hydroxyl groups is 1. The molecule has 5 rings (SSSR count). The molecule has 5 aromatic rings. The van der Waals surface area contributed by atoms with Gasteiger partial charge in [0, 0.05) is 22.8 Å². The zero-order valence-electron chi connectivity index (χ0n) is 22.7. The van der Waals surface area contributed by atoms with Crippen LogP contribution >= 0.6 is 0 Å². The lowest BCUT2D eigenvalue weighted by atomic mass is 10.1. The van der Waals surface area contributed by atoms with Crippen LogP contribution < -0.4 is 10.1 Å². The van der Waals surface area contributed by atoms with Crippen LogP contribution in [0.5, 0.6) is 11.5 Å². The van der Waals surface area contributed by atoms with Gasteiger partial charge in [-0.05, 0) is 78.2 Å². The maximum absolute atomic E-state index is 12.3. The second kappa shape index (κ2) is 12.2. The van der Waals surface area contributed by atoms with Gasteiger partial charge in [0.2, 0.25) is 0 Å². The highest BCUT2D eigenvalue weighted by Gasteiger charge is 2.22. The van der Waals surface area contributed by atoms with Crippen LogP contribution in [0.1, 0.15) is 0 Å². The number of phenols is 1. The van der Waals surface area contributed by atoms with E-state index in [4.69, 9.17) is 9.29 Å². The van der Waals surface area contributed by atoms with Gasteiger partial charge in [0.05, 0.1) is 23.4 Å². The molecule has 15 heteroatoms. The minimum atomic E-state index is -4.83. The molecule has 13 nitrogen and oxygen atoms in total. The van der Waals surface area contributed by atoms with Gasteiger partial charge in [0.15, 0.2) is 5.75 Å². The van der Waals surface area contributed by atoms with Gasteiger partial charge in [-0.1, -0.05) is 18.2 Å². The van der Waals surface area contributed by atoms with E-state index in [0.717, 1.165) is 5.69 Å². The molecule has 0 atom stereocenters. The third-order valence-corrected chi connectivity index (χ3v) is 7.96. The Morgan fingerprint density at radius 1 is 0.682 bits per heavy atom. The van der Waals surface area contributed by atoms with Crippen molar-refractivity contribution in [2.75, 3.05) is 12.4 Å². The maximum Gasteiger partial charge on any atom is 0.296 e. The summed E-state index contributed by atoms with van der Waals surface area (Å²) in [6.45, 7) is 0. The monoisotopic (exact) mass is 633 g/mol. The number of nitrogens with one attached hydrogen (secondary N) is 1. The number of azo groups is 2. The van der Waals surface area contributed by atoms with E-state index in [1.165, 1.54) is 55.6 Å². The molecule has 4 N–H and O–H groups in total. The van der Waals surface area contributed by atoms with E-state index in [1.807, 2.05) is 30.3 Å². The molecule has 0 unspecified atom stereocenters. The summed E-state index contributed by atoms with van der Waals surface area (Å²) in [6, 6.07) is 24.9. The summed E-state index contributed by atoms with van der Waals surface area (Å²) in [6.07, 6.45) is 0. The number of ether oxygens (including phenoxy) is 1. The van der Waals surface area contributed by atoms with Crippen LogP contribution in [0.25, 0.3) is 10.8 Å².